The number of benzene rings is 3. The summed E-state index contributed by atoms with van der Waals surface area (Å²) in [6, 6.07) is 28.7. The summed E-state index contributed by atoms with van der Waals surface area (Å²) < 4.78 is 5.68. The van der Waals surface area contributed by atoms with Crippen molar-refractivity contribution in [3.63, 3.8) is 0 Å². The molecule has 2 atom stereocenters. The second kappa shape index (κ2) is 12.1. The van der Waals surface area contributed by atoms with Crippen LogP contribution in [-0.4, -0.2) is 36.0 Å². The maximum atomic E-state index is 13.6. The summed E-state index contributed by atoms with van der Waals surface area (Å²) in [5, 5.41) is 3.06. The van der Waals surface area contributed by atoms with Crippen molar-refractivity contribution in [1.82, 2.24) is 10.2 Å². The zero-order valence-corrected chi connectivity index (χ0v) is 19.4. The van der Waals surface area contributed by atoms with Crippen LogP contribution in [0, 0.1) is 0 Å². The minimum Gasteiger partial charge on any atom is -0.376 e. The van der Waals surface area contributed by atoms with Gasteiger partial charge in [0.1, 0.15) is 6.04 Å². The van der Waals surface area contributed by atoms with Crippen molar-refractivity contribution in [3.8, 4) is 0 Å². The van der Waals surface area contributed by atoms with Gasteiger partial charge in [-0.05, 0) is 36.0 Å². The molecule has 5 nitrogen and oxygen atoms in total. The zero-order valence-electron chi connectivity index (χ0n) is 19.4. The Labute approximate surface area is 201 Å². The number of nitrogens with zero attached hydrogens (tertiary/aromatic N) is 1. The predicted octanol–water partition coefficient (Wildman–Crippen LogP) is 4.68. The lowest BCUT2D eigenvalue weighted by Gasteiger charge is -2.32. The first-order valence-corrected chi connectivity index (χ1v) is 12.0. The molecule has 1 aliphatic rings. The van der Waals surface area contributed by atoms with Crippen LogP contribution in [0.4, 0.5) is 0 Å². The van der Waals surface area contributed by atoms with E-state index in [1.165, 1.54) is 0 Å². The van der Waals surface area contributed by atoms with Crippen molar-refractivity contribution in [2.75, 3.05) is 13.2 Å². The van der Waals surface area contributed by atoms with E-state index in [0.29, 0.717) is 25.9 Å². The first-order valence-electron chi connectivity index (χ1n) is 12.0. The molecule has 0 saturated carbocycles. The molecule has 0 unspecified atom stereocenters. The molecule has 2 amide bonds. The normalized spacial score (nSPS) is 16.1. The Morgan fingerprint density at radius 3 is 2.12 bits per heavy atom. The number of nitrogens with one attached hydrogen (secondary N) is 1. The van der Waals surface area contributed by atoms with Gasteiger partial charge in [0.15, 0.2) is 0 Å². The number of aryl methyl sites for hydroxylation is 1. The maximum Gasteiger partial charge on any atom is 0.247 e. The number of rotatable bonds is 10. The molecule has 0 spiro atoms. The molecule has 1 aliphatic heterocycles. The van der Waals surface area contributed by atoms with Crippen LogP contribution in [0.3, 0.4) is 0 Å². The molecule has 0 bridgehead atoms. The summed E-state index contributed by atoms with van der Waals surface area (Å²) in [7, 11) is 0. The van der Waals surface area contributed by atoms with E-state index in [1.54, 1.807) is 4.90 Å². The van der Waals surface area contributed by atoms with Crippen LogP contribution >= 0.6 is 0 Å². The third-order valence-corrected chi connectivity index (χ3v) is 6.19. The summed E-state index contributed by atoms with van der Waals surface area (Å²) in [5.41, 5.74) is 2.90. The van der Waals surface area contributed by atoms with Crippen LogP contribution < -0.4 is 5.32 Å². The standard InChI is InChI=1S/C29H32N2O3/c32-27(19-18-23-11-4-1-5-12-23)31(22-24-13-6-2-7-14-24)28(25-15-8-3-9-16-25)29(33)30-21-26-17-10-20-34-26/h1-9,11-16,26,28H,10,17-22H2,(H,30,33)/t26-,28+/m0/s1. The maximum absolute atomic E-state index is 13.6. The second-order valence-electron chi connectivity index (χ2n) is 8.69. The third kappa shape index (κ3) is 6.55. The molecule has 1 heterocycles. The monoisotopic (exact) mass is 456 g/mol. The van der Waals surface area contributed by atoms with E-state index < -0.39 is 6.04 Å². The fourth-order valence-electron chi connectivity index (χ4n) is 4.37. The number of hydrogen-bond acceptors (Lipinski definition) is 3. The smallest absolute Gasteiger partial charge is 0.247 e. The third-order valence-electron chi connectivity index (χ3n) is 6.19. The quantitative estimate of drug-likeness (QED) is 0.482. The number of amides is 2. The lowest BCUT2D eigenvalue weighted by Crippen LogP contribution is -2.45. The van der Waals surface area contributed by atoms with E-state index in [9.17, 15) is 9.59 Å². The molecule has 0 aliphatic carbocycles. The lowest BCUT2D eigenvalue weighted by molar-refractivity contribution is -0.141. The number of ether oxygens (including phenoxy) is 1. The fourth-order valence-corrected chi connectivity index (χ4v) is 4.37. The highest BCUT2D eigenvalue weighted by atomic mass is 16.5. The SMILES string of the molecule is O=C(NC[C@@H]1CCCO1)[C@@H](c1ccccc1)N(Cc1ccccc1)C(=O)CCc1ccccc1. The van der Waals surface area contributed by atoms with E-state index >= 15 is 0 Å². The van der Waals surface area contributed by atoms with Crippen molar-refractivity contribution in [2.45, 2.75) is 44.4 Å². The van der Waals surface area contributed by atoms with E-state index in [0.717, 1.165) is 36.1 Å². The summed E-state index contributed by atoms with van der Waals surface area (Å²) in [6.45, 7) is 1.56. The Morgan fingerprint density at radius 2 is 1.50 bits per heavy atom. The zero-order chi connectivity index (χ0) is 23.6. The average Bonchev–Trinajstić information content (AvgIpc) is 3.41. The molecular formula is C29H32N2O3. The number of carbonyl (C=O) groups is 2. The molecule has 1 fully saturated rings. The average molecular weight is 457 g/mol. The van der Waals surface area contributed by atoms with E-state index in [-0.39, 0.29) is 17.9 Å². The summed E-state index contributed by atoms with van der Waals surface area (Å²) >= 11 is 0. The Kier molecular flexibility index (Phi) is 8.47. The van der Waals surface area contributed by atoms with Gasteiger partial charge in [-0.1, -0.05) is 91.0 Å². The van der Waals surface area contributed by atoms with Gasteiger partial charge in [-0.25, -0.2) is 0 Å². The van der Waals surface area contributed by atoms with Gasteiger partial charge in [-0.2, -0.15) is 0 Å². The molecule has 1 N–H and O–H groups in total. The van der Waals surface area contributed by atoms with Gasteiger partial charge >= 0.3 is 0 Å². The molecule has 1 saturated heterocycles. The number of carbonyl (C=O) groups excluding carboxylic acids is 2. The lowest BCUT2D eigenvalue weighted by atomic mass is 10.0. The van der Waals surface area contributed by atoms with Gasteiger partial charge in [0.2, 0.25) is 11.8 Å². The van der Waals surface area contributed by atoms with Gasteiger partial charge in [-0.3, -0.25) is 9.59 Å². The van der Waals surface area contributed by atoms with Crippen LogP contribution in [0.5, 0.6) is 0 Å². The van der Waals surface area contributed by atoms with Crippen LogP contribution in [0.2, 0.25) is 0 Å². The van der Waals surface area contributed by atoms with Crippen molar-refractivity contribution >= 4 is 11.8 Å². The molecule has 176 valence electrons. The van der Waals surface area contributed by atoms with E-state index in [2.05, 4.69) is 5.32 Å². The van der Waals surface area contributed by atoms with E-state index in [4.69, 9.17) is 4.74 Å². The highest BCUT2D eigenvalue weighted by Crippen LogP contribution is 2.25. The molecule has 3 aromatic rings. The second-order valence-corrected chi connectivity index (χ2v) is 8.69. The van der Waals surface area contributed by atoms with Crippen molar-refractivity contribution < 1.29 is 14.3 Å². The Morgan fingerprint density at radius 1 is 0.882 bits per heavy atom. The minimum atomic E-state index is -0.717. The summed E-state index contributed by atoms with van der Waals surface area (Å²) in [4.78, 5) is 28.9. The van der Waals surface area contributed by atoms with Crippen LogP contribution in [0.1, 0.15) is 42.0 Å². The Bertz CT molecular complexity index is 1030. The molecular weight excluding hydrogens is 424 g/mol. The van der Waals surface area contributed by atoms with Gasteiger partial charge in [0.25, 0.3) is 0 Å². The van der Waals surface area contributed by atoms with Crippen LogP contribution in [0.25, 0.3) is 0 Å². The molecule has 3 aromatic carbocycles. The fraction of sp³-hybridized carbons (Fsp3) is 0.310. The molecule has 0 aromatic heterocycles. The highest BCUT2D eigenvalue weighted by Gasteiger charge is 2.32. The largest absolute Gasteiger partial charge is 0.376 e. The first kappa shape index (κ1) is 23.7. The minimum absolute atomic E-state index is 0.0386. The van der Waals surface area contributed by atoms with Gasteiger partial charge in [0, 0.05) is 26.1 Å². The van der Waals surface area contributed by atoms with Crippen molar-refractivity contribution in [3.05, 3.63) is 108 Å². The highest BCUT2D eigenvalue weighted by molar-refractivity contribution is 5.88. The number of hydrogen-bond donors (Lipinski definition) is 1. The van der Waals surface area contributed by atoms with Gasteiger partial charge in [-0.15, -0.1) is 0 Å². The van der Waals surface area contributed by atoms with Crippen LogP contribution in [0.15, 0.2) is 91.0 Å². The van der Waals surface area contributed by atoms with Crippen molar-refractivity contribution in [2.24, 2.45) is 0 Å². The van der Waals surface area contributed by atoms with Crippen LogP contribution in [-0.2, 0) is 27.3 Å². The Balaban J connectivity index is 1.58. The Hall–Kier alpha value is -3.44. The summed E-state index contributed by atoms with van der Waals surface area (Å²) in [6.07, 6.45) is 2.96. The molecule has 0 radical (unpaired) electrons. The van der Waals surface area contributed by atoms with E-state index in [1.807, 2.05) is 91.0 Å². The predicted molar refractivity (Wildman–Crippen MR) is 133 cm³/mol. The van der Waals surface area contributed by atoms with Gasteiger partial charge < -0.3 is 15.0 Å². The van der Waals surface area contributed by atoms with Gasteiger partial charge in [0.05, 0.1) is 6.10 Å². The topological polar surface area (TPSA) is 58.6 Å². The summed E-state index contributed by atoms with van der Waals surface area (Å²) in [5.74, 6) is -0.223. The first-order chi connectivity index (χ1) is 16.7. The molecule has 4 rings (SSSR count). The molecule has 34 heavy (non-hydrogen) atoms. The van der Waals surface area contributed by atoms with Crippen molar-refractivity contribution in [1.29, 1.82) is 0 Å². The molecule has 5 heteroatoms.